The Bertz CT molecular complexity index is 1230. The number of nitriles is 2. The van der Waals surface area contributed by atoms with Crippen LogP contribution in [0.5, 0.6) is 5.75 Å². The van der Waals surface area contributed by atoms with E-state index in [1.807, 2.05) is 12.1 Å². The first-order valence-corrected chi connectivity index (χ1v) is 9.72. The molecule has 9 heteroatoms. The van der Waals surface area contributed by atoms with Gasteiger partial charge < -0.3 is 4.18 Å². The second kappa shape index (κ2) is 7.90. The molecule has 0 heterocycles. The molecule has 0 amide bonds. The minimum atomic E-state index is -5.91. The second-order valence-corrected chi connectivity index (χ2v) is 7.58. The van der Waals surface area contributed by atoms with E-state index in [0.717, 1.165) is 12.1 Å². The number of rotatable bonds is 4. The van der Waals surface area contributed by atoms with Gasteiger partial charge in [-0.2, -0.15) is 32.1 Å². The van der Waals surface area contributed by atoms with Crippen LogP contribution in [0.15, 0.2) is 66.7 Å². The molecule has 0 aliphatic carbocycles. The fraction of sp³-hybridized carbons (Fsp3) is 0.0476. The van der Waals surface area contributed by atoms with E-state index in [1.165, 1.54) is 12.1 Å². The smallest absolute Gasteiger partial charge is 0.376 e. The van der Waals surface area contributed by atoms with Crippen molar-refractivity contribution in [3.05, 3.63) is 77.9 Å². The van der Waals surface area contributed by atoms with E-state index in [-0.39, 0.29) is 22.3 Å². The summed E-state index contributed by atoms with van der Waals surface area (Å²) < 4.78 is 65.8. The van der Waals surface area contributed by atoms with Gasteiger partial charge in [0.2, 0.25) is 0 Å². The summed E-state index contributed by atoms with van der Waals surface area (Å²) in [4.78, 5) is 0. The highest BCUT2D eigenvalue weighted by Gasteiger charge is 2.48. The maximum atomic E-state index is 12.8. The van der Waals surface area contributed by atoms with Crippen LogP contribution in [0.1, 0.15) is 11.1 Å². The number of benzene rings is 3. The summed E-state index contributed by atoms with van der Waals surface area (Å²) in [7, 11) is -5.91. The molecule has 30 heavy (non-hydrogen) atoms. The van der Waals surface area contributed by atoms with Gasteiger partial charge in [-0.3, -0.25) is 0 Å². The number of nitrogens with zero attached hydrogens (tertiary/aromatic N) is 2. The Labute approximate surface area is 170 Å². The minimum absolute atomic E-state index is 0.229. The first kappa shape index (κ1) is 20.9. The third-order valence-electron chi connectivity index (χ3n) is 4.11. The molecule has 0 saturated carbocycles. The first-order chi connectivity index (χ1) is 14.2. The van der Waals surface area contributed by atoms with Gasteiger partial charge in [-0.1, -0.05) is 36.4 Å². The lowest BCUT2D eigenvalue weighted by Gasteiger charge is -2.14. The molecule has 3 aromatic carbocycles. The summed E-state index contributed by atoms with van der Waals surface area (Å²) in [6.07, 6.45) is 0. The van der Waals surface area contributed by atoms with Gasteiger partial charge in [0, 0.05) is 0 Å². The van der Waals surface area contributed by atoms with E-state index >= 15 is 0 Å². The van der Waals surface area contributed by atoms with Gasteiger partial charge in [-0.05, 0) is 52.6 Å². The zero-order valence-corrected chi connectivity index (χ0v) is 15.8. The van der Waals surface area contributed by atoms with Crippen LogP contribution < -0.4 is 4.18 Å². The zero-order valence-electron chi connectivity index (χ0n) is 15.0. The van der Waals surface area contributed by atoms with Crippen molar-refractivity contribution in [3.63, 3.8) is 0 Å². The summed E-state index contributed by atoms with van der Waals surface area (Å²) >= 11 is 0. The van der Waals surface area contributed by atoms with E-state index in [9.17, 15) is 32.1 Å². The molecule has 150 valence electrons. The van der Waals surface area contributed by atoms with Gasteiger partial charge in [0.15, 0.2) is 0 Å². The third-order valence-corrected chi connectivity index (χ3v) is 5.09. The Morgan fingerprint density at radius 2 is 1.20 bits per heavy atom. The SMILES string of the molecule is N#Cc1ccccc1-c1cc(OS(=O)(=O)C(F)(F)F)cc(-c2ccccc2C#N)c1. The molecular weight excluding hydrogens is 417 g/mol. The summed E-state index contributed by atoms with van der Waals surface area (Å²) in [6, 6.07) is 20.3. The van der Waals surface area contributed by atoms with Gasteiger partial charge in [0.05, 0.1) is 23.3 Å². The molecule has 0 spiro atoms. The fourth-order valence-corrected chi connectivity index (χ4v) is 3.24. The van der Waals surface area contributed by atoms with Crippen LogP contribution in [0.3, 0.4) is 0 Å². The maximum Gasteiger partial charge on any atom is 0.534 e. The lowest BCUT2D eigenvalue weighted by molar-refractivity contribution is -0.0500. The number of halogens is 3. The van der Waals surface area contributed by atoms with Crippen molar-refractivity contribution in [2.75, 3.05) is 0 Å². The molecule has 3 rings (SSSR count). The molecule has 0 aromatic heterocycles. The van der Waals surface area contributed by atoms with Crippen molar-refractivity contribution in [3.8, 4) is 40.1 Å². The quantitative estimate of drug-likeness (QED) is 0.431. The normalized spacial score (nSPS) is 11.4. The Balaban J connectivity index is 2.26. The van der Waals surface area contributed by atoms with E-state index in [4.69, 9.17) is 0 Å². The van der Waals surface area contributed by atoms with Crippen LogP contribution in [-0.2, 0) is 10.1 Å². The molecule has 0 fully saturated rings. The molecule has 0 radical (unpaired) electrons. The standard InChI is InChI=1S/C21H11F3N2O3S/c22-21(23,24)30(27,28)29-18-10-16(19-7-3-1-5-14(19)12-25)9-17(11-18)20-8-4-2-6-15(20)13-26/h1-11H. The summed E-state index contributed by atoms with van der Waals surface area (Å²) in [6.45, 7) is 0. The topological polar surface area (TPSA) is 90.9 Å². The summed E-state index contributed by atoms with van der Waals surface area (Å²) in [5, 5.41) is 18.7. The van der Waals surface area contributed by atoms with Crippen LogP contribution >= 0.6 is 0 Å². The van der Waals surface area contributed by atoms with E-state index in [1.54, 1.807) is 42.5 Å². The van der Waals surface area contributed by atoms with Crippen molar-refractivity contribution in [2.24, 2.45) is 0 Å². The highest BCUT2D eigenvalue weighted by molar-refractivity contribution is 7.88. The molecular formula is C21H11F3N2O3S. The van der Waals surface area contributed by atoms with Crippen molar-refractivity contribution >= 4 is 10.1 Å². The largest absolute Gasteiger partial charge is 0.534 e. The van der Waals surface area contributed by atoms with Crippen molar-refractivity contribution in [1.29, 1.82) is 10.5 Å². The third kappa shape index (κ3) is 4.12. The van der Waals surface area contributed by atoms with Crippen LogP contribution in [0.2, 0.25) is 0 Å². The molecule has 0 aliphatic heterocycles. The average molecular weight is 428 g/mol. The molecule has 0 atom stereocenters. The molecule has 3 aromatic rings. The molecule has 5 nitrogen and oxygen atoms in total. The average Bonchev–Trinajstić information content (AvgIpc) is 2.72. The van der Waals surface area contributed by atoms with E-state index in [0.29, 0.717) is 11.1 Å². The van der Waals surface area contributed by atoms with E-state index in [2.05, 4.69) is 4.18 Å². The Kier molecular flexibility index (Phi) is 5.50. The molecule has 0 N–H and O–H groups in total. The van der Waals surface area contributed by atoms with Gasteiger partial charge in [-0.15, -0.1) is 0 Å². The minimum Gasteiger partial charge on any atom is -0.376 e. The van der Waals surface area contributed by atoms with Gasteiger partial charge in [0.1, 0.15) is 5.75 Å². The maximum absolute atomic E-state index is 12.8. The molecule has 0 saturated heterocycles. The predicted molar refractivity (Wildman–Crippen MR) is 102 cm³/mol. The Morgan fingerprint density at radius 3 is 1.60 bits per heavy atom. The van der Waals surface area contributed by atoms with Crippen molar-refractivity contribution in [1.82, 2.24) is 0 Å². The lowest BCUT2D eigenvalue weighted by Crippen LogP contribution is -2.28. The second-order valence-electron chi connectivity index (χ2n) is 6.04. The van der Waals surface area contributed by atoms with Gasteiger partial charge >= 0.3 is 15.6 Å². The molecule has 0 bridgehead atoms. The van der Waals surface area contributed by atoms with Crippen LogP contribution in [0.4, 0.5) is 13.2 Å². The molecule has 0 aliphatic rings. The van der Waals surface area contributed by atoms with Gasteiger partial charge in [0.25, 0.3) is 0 Å². The monoisotopic (exact) mass is 428 g/mol. The number of hydrogen-bond donors (Lipinski definition) is 0. The summed E-state index contributed by atoms with van der Waals surface area (Å²) in [5.74, 6) is -0.597. The number of alkyl halides is 3. The Morgan fingerprint density at radius 1 is 0.767 bits per heavy atom. The van der Waals surface area contributed by atoms with Crippen LogP contribution in [0, 0.1) is 22.7 Å². The fourth-order valence-electron chi connectivity index (χ4n) is 2.80. The van der Waals surface area contributed by atoms with Crippen molar-refractivity contribution in [2.45, 2.75) is 5.51 Å². The highest BCUT2D eigenvalue weighted by Crippen LogP contribution is 2.36. The highest BCUT2D eigenvalue weighted by atomic mass is 32.2. The van der Waals surface area contributed by atoms with Crippen LogP contribution in [-0.4, -0.2) is 13.9 Å². The lowest BCUT2D eigenvalue weighted by atomic mass is 9.94. The van der Waals surface area contributed by atoms with E-state index < -0.39 is 21.4 Å². The summed E-state index contributed by atoms with van der Waals surface area (Å²) in [5.41, 5.74) is -3.91. The van der Waals surface area contributed by atoms with Crippen LogP contribution in [0.25, 0.3) is 22.3 Å². The predicted octanol–water partition coefficient (Wildman–Crippen LogP) is 4.99. The zero-order chi connectivity index (χ0) is 21.9. The molecule has 0 unspecified atom stereocenters. The Hall–Kier alpha value is -3.82. The van der Waals surface area contributed by atoms with Crippen molar-refractivity contribution < 1.29 is 25.8 Å². The van der Waals surface area contributed by atoms with Gasteiger partial charge in [-0.25, -0.2) is 0 Å². The first-order valence-electron chi connectivity index (χ1n) is 8.31. The number of hydrogen-bond acceptors (Lipinski definition) is 5.